The molecule has 0 saturated carbocycles. The molecule has 0 atom stereocenters. The van der Waals surface area contributed by atoms with Gasteiger partial charge in [0.25, 0.3) is 0 Å². The van der Waals surface area contributed by atoms with Gasteiger partial charge in [0.15, 0.2) is 17.5 Å². The summed E-state index contributed by atoms with van der Waals surface area (Å²) in [5.74, 6) is 2.01. The number of aromatic nitrogens is 3. The quantitative estimate of drug-likeness (QED) is 0.176. The molecule has 9 aromatic rings. The van der Waals surface area contributed by atoms with Gasteiger partial charge in [-0.25, -0.2) is 15.0 Å². The number of fused-ring (bicyclic) bond motifs is 10. The van der Waals surface area contributed by atoms with Gasteiger partial charge in [-0.1, -0.05) is 167 Å². The van der Waals surface area contributed by atoms with Crippen LogP contribution in [0.4, 0.5) is 0 Å². The Morgan fingerprint density at radius 1 is 0.346 bits per heavy atom. The lowest BCUT2D eigenvalue weighted by Crippen LogP contribution is -2.43. The number of benzene rings is 8. The van der Waals surface area contributed by atoms with Crippen LogP contribution in [0.5, 0.6) is 0 Å². The van der Waals surface area contributed by atoms with Gasteiger partial charge in [-0.2, -0.15) is 0 Å². The number of hydrogen-bond donors (Lipinski definition) is 0. The second-order valence-corrected chi connectivity index (χ2v) is 15.3. The van der Waals surface area contributed by atoms with Crippen LogP contribution in [-0.2, 0) is 10.8 Å². The molecule has 3 heteroatoms. The van der Waals surface area contributed by atoms with Crippen LogP contribution in [0, 0.1) is 0 Å². The zero-order chi connectivity index (χ0) is 35.2. The van der Waals surface area contributed by atoms with Crippen molar-refractivity contribution >= 4 is 43.1 Å². The molecule has 52 heavy (non-hydrogen) atoms. The van der Waals surface area contributed by atoms with Crippen LogP contribution >= 0.6 is 0 Å². The van der Waals surface area contributed by atoms with Crippen molar-refractivity contribution in [2.45, 2.75) is 38.5 Å². The normalized spacial score (nSPS) is 14.5. The summed E-state index contributed by atoms with van der Waals surface area (Å²) in [5.41, 5.74) is 8.03. The highest BCUT2D eigenvalue weighted by atomic mass is 15.0. The van der Waals surface area contributed by atoms with Crippen molar-refractivity contribution in [3.8, 4) is 45.3 Å². The Balaban J connectivity index is 1.15. The van der Waals surface area contributed by atoms with Crippen molar-refractivity contribution in [3.63, 3.8) is 0 Å². The van der Waals surface area contributed by atoms with Crippen LogP contribution in [0.15, 0.2) is 152 Å². The molecule has 0 fully saturated rings. The van der Waals surface area contributed by atoms with Gasteiger partial charge in [-0.3, -0.25) is 0 Å². The lowest BCUT2D eigenvalue weighted by atomic mass is 9.55. The van der Waals surface area contributed by atoms with Crippen LogP contribution < -0.4 is 0 Å². The number of nitrogens with zero attached hydrogens (tertiary/aromatic N) is 3. The Kier molecular flexibility index (Phi) is 6.57. The van der Waals surface area contributed by atoms with Crippen molar-refractivity contribution in [1.82, 2.24) is 15.0 Å². The van der Waals surface area contributed by atoms with Crippen LogP contribution in [0.1, 0.15) is 38.8 Å². The Labute approximate surface area is 303 Å². The van der Waals surface area contributed by atoms with E-state index in [9.17, 15) is 0 Å². The molecule has 1 aliphatic rings. The van der Waals surface area contributed by atoms with Crippen molar-refractivity contribution in [1.29, 1.82) is 0 Å². The third-order valence-corrected chi connectivity index (χ3v) is 12.1. The van der Waals surface area contributed by atoms with Crippen molar-refractivity contribution < 1.29 is 0 Å². The average molecular weight is 668 g/mol. The van der Waals surface area contributed by atoms with Gasteiger partial charge in [0.05, 0.1) is 0 Å². The molecule has 0 aliphatic heterocycles. The van der Waals surface area contributed by atoms with E-state index in [0.29, 0.717) is 17.5 Å². The summed E-state index contributed by atoms with van der Waals surface area (Å²) in [4.78, 5) is 15.4. The van der Waals surface area contributed by atoms with Crippen molar-refractivity contribution in [2.24, 2.45) is 0 Å². The Hall–Kier alpha value is -6.19. The fourth-order valence-corrected chi connectivity index (χ4v) is 8.51. The van der Waals surface area contributed by atoms with E-state index in [4.69, 9.17) is 15.0 Å². The monoisotopic (exact) mass is 667 g/mol. The van der Waals surface area contributed by atoms with Crippen molar-refractivity contribution in [3.05, 3.63) is 163 Å². The molecule has 1 aromatic heterocycles. The maximum absolute atomic E-state index is 5.20. The first-order valence-electron chi connectivity index (χ1n) is 18.1. The number of hydrogen-bond acceptors (Lipinski definition) is 3. The standard InChI is InChI=1S/C49H37N3/c1-48(2)42-17-11-10-16-39(42)40-26-23-35(29-43(40)49(48,3)4)47-51-45(32-13-6-5-7-14-32)50-46(52-47)34-22-24-36-33(28-34)21-27-41-38(36)25-20-31-19-18-30-12-8-9-15-37(30)44(31)41/h5-29H,1-4H3. The molecule has 0 saturated heterocycles. The summed E-state index contributed by atoms with van der Waals surface area (Å²) in [6, 6.07) is 54.6. The van der Waals surface area contributed by atoms with Gasteiger partial charge < -0.3 is 0 Å². The largest absolute Gasteiger partial charge is 0.208 e. The minimum atomic E-state index is -0.121. The average Bonchev–Trinajstić information content (AvgIpc) is 3.19. The summed E-state index contributed by atoms with van der Waals surface area (Å²) in [6.45, 7) is 9.46. The molecule has 0 amide bonds. The fraction of sp³-hybridized carbons (Fsp3) is 0.122. The van der Waals surface area contributed by atoms with Gasteiger partial charge in [0, 0.05) is 16.7 Å². The minimum Gasteiger partial charge on any atom is -0.208 e. The third kappa shape index (κ3) is 4.48. The molecular weight excluding hydrogens is 631 g/mol. The predicted octanol–water partition coefficient (Wildman–Crippen LogP) is 12.7. The Morgan fingerprint density at radius 3 is 1.73 bits per heavy atom. The van der Waals surface area contributed by atoms with Crippen LogP contribution in [0.3, 0.4) is 0 Å². The highest BCUT2D eigenvalue weighted by molar-refractivity contribution is 6.24. The van der Waals surface area contributed by atoms with E-state index < -0.39 is 0 Å². The first-order chi connectivity index (χ1) is 25.3. The van der Waals surface area contributed by atoms with Crippen LogP contribution in [0.2, 0.25) is 0 Å². The summed E-state index contributed by atoms with van der Waals surface area (Å²) in [7, 11) is 0. The van der Waals surface area contributed by atoms with Crippen LogP contribution in [0.25, 0.3) is 88.4 Å². The van der Waals surface area contributed by atoms with E-state index in [1.807, 2.05) is 18.2 Å². The molecule has 10 rings (SSSR count). The molecule has 3 nitrogen and oxygen atoms in total. The maximum atomic E-state index is 5.20. The van der Waals surface area contributed by atoms with Crippen molar-refractivity contribution in [2.75, 3.05) is 0 Å². The zero-order valence-corrected chi connectivity index (χ0v) is 29.8. The Morgan fingerprint density at radius 2 is 0.904 bits per heavy atom. The van der Waals surface area contributed by atoms with Gasteiger partial charge in [0.1, 0.15) is 0 Å². The molecule has 1 heterocycles. The molecule has 0 unspecified atom stereocenters. The highest BCUT2D eigenvalue weighted by Crippen LogP contribution is 2.54. The summed E-state index contributed by atoms with van der Waals surface area (Å²) >= 11 is 0. The predicted molar refractivity (Wildman–Crippen MR) is 218 cm³/mol. The first-order valence-corrected chi connectivity index (χ1v) is 18.1. The molecule has 0 bridgehead atoms. The lowest BCUT2D eigenvalue weighted by molar-refractivity contribution is 0.299. The van der Waals surface area contributed by atoms with Crippen LogP contribution in [-0.4, -0.2) is 15.0 Å². The molecule has 248 valence electrons. The summed E-state index contributed by atoms with van der Waals surface area (Å²) < 4.78 is 0. The van der Waals surface area contributed by atoms with Gasteiger partial charge >= 0.3 is 0 Å². The van der Waals surface area contributed by atoms with E-state index in [0.717, 1.165) is 22.1 Å². The SMILES string of the molecule is CC1(C)c2ccccc2-c2ccc(-c3nc(-c4ccccc4)nc(-c4ccc5c(ccc6c5ccc5ccc7ccccc7c56)c4)n3)cc2C1(C)C. The van der Waals surface area contributed by atoms with Gasteiger partial charge in [-0.05, 0) is 88.3 Å². The molecule has 8 aromatic carbocycles. The Bertz CT molecular complexity index is 2900. The summed E-state index contributed by atoms with van der Waals surface area (Å²) in [6.07, 6.45) is 0. The third-order valence-electron chi connectivity index (χ3n) is 12.1. The molecular formula is C49H37N3. The van der Waals surface area contributed by atoms with Gasteiger partial charge in [0.2, 0.25) is 0 Å². The fourth-order valence-electron chi connectivity index (χ4n) is 8.51. The highest BCUT2D eigenvalue weighted by Gasteiger charge is 2.45. The van der Waals surface area contributed by atoms with E-state index in [1.54, 1.807) is 0 Å². The lowest BCUT2D eigenvalue weighted by Gasteiger charge is -2.48. The topological polar surface area (TPSA) is 38.7 Å². The van der Waals surface area contributed by atoms with E-state index in [2.05, 4.69) is 161 Å². The van der Waals surface area contributed by atoms with E-state index in [-0.39, 0.29) is 10.8 Å². The second kappa shape index (κ2) is 11.2. The minimum absolute atomic E-state index is 0.0661. The summed E-state index contributed by atoms with van der Waals surface area (Å²) in [5, 5.41) is 9.99. The second-order valence-electron chi connectivity index (χ2n) is 15.3. The maximum Gasteiger partial charge on any atom is 0.164 e. The molecule has 1 aliphatic carbocycles. The first kappa shape index (κ1) is 30.6. The molecule has 0 N–H and O–H groups in total. The van der Waals surface area contributed by atoms with E-state index >= 15 is 0 Å². The smallest absolute Gasteiger partial charge is 0.164 e. The molecule has 0 radical (unpaired) electrons. The van der Waals surface area contributed by atoms with Gasteiger partial charge in [-0.15, -0.1) is 0 Å². The number of rotatable bonds is 3. The molecule has 0 spiro atoms. The van der Waals surface area contributed by atoms with E-state index in [1.165, 1.54) is 60.0 Å². The zero-order valence-electron chi connectivity index (χ0n) is 29.8.